The molecule has 1 fully saturated rings. The van der Waals surface area contributed by atoms with Crippen LogP contribution in [-0.2, 0) is 24.8 Å². The van der Waals surface area contributed by atoms with Crippen LogP contribution < -0.4 is 5.32 Å². The Bertz CT molecular complexity index is 717. The van der Waals surface area contributed by atoms with Crippen molar-refractivity contribution in [2.75, 3.05) is 24.8 Å². The minimum atomic E-state index is -3.56. The van der Waals surface area contributed by atoms with Gasteiger partial charge >= 0.3 is 0 Å². The van der Waals surface area contributed by atoms with E-state index < -0.39 is 25.9 Å². The Kier molecular flexibility index (Phi) is 5.63. The molecule has 0 unspecified atom stereocenters. The Hall–Kier alpha value is -1.41. The third kappa shape index (κ3) is 4.23. The summed E-state index contributed by atoms with van der Waals surface area (Å²) in [5.41, 5.74) is -0.406. The molecule has 2 rings (SSSR count). The molecule has 1 heterocycles. The zero-order valence-corrected chi connectivity index (χ0v) is 16.4. The molecule has 1 aliphatic carbocycles. The number of carbonyl (C=O) groups is 1. The van der Waals surface area contributed by atoms with E-state index in [4.69, 9.17) is 9.26 Å². The second-order valence-electron chi connectivity index (χ2n) is 7.94. The van der Waals surface area contributed by atoms with Crippen molar-refractivity contribution >= 4 is 21.6 Å². The van der Waals surface area contributed by atoms with E-state index >= 15 is 0 Å². The molecule has 8 heteroatoms. The fourth-order valence-corrected chi connectivity index (χ4v) is 4.38. The molecule has 25 heavy (non-hydrogen) atoms. The van der Waals surface area contributed by atoms with E-state index in [1.165, 1.54) is 13.8 Å². The van der Waals surface area contributed by atoms with Gasteiger partial charge in [-0.2, -0.15) is 0 Å². The summed E-state index contributed by atoms with van der Waals surface area (Å²) in [7, 11) is -1.97. The Balaban J connectivity index is 2.09. The quantitative estimate of drug-likeness (QED) is 0.753. The topological polar surface area (TPSA) is 98.5 Å². The number of amides is 1. The minimum Gasteiger partial charge on any atom is -0.384 e. The molecule has 142 valence electrons. The molecule has 1 aliphatic rings. The van der Waals surface area contributed by atoms with Gasteiger partial charge in [-0.25, -0.2) is 8.42 Å². The summed E-state index contributed by atoms with van der Waals surface area (Å²) < 4.78 is 34.1. The molecular formula is C17H28N2O5S. The van der Waals surface area contributed by atoms with Gasteiger partial charge in [0.05, 0.1) is 12.4 Å². The molecule has 1 saturated carbocycles. The first-order chi connectivity index (χ1) is 11.5. The molecule has 1 aromatic heterocycles. The molecule has 0 radical (unpaired) electrons. The van der Waals surface area contributed by atoms with E-state index in [2.05, 4.69) is 10.5 Å². The second-order valence-corrected chi connectivity index (χ2v) is 10.5. The van der Waals surface area contributed by atoms with E-state index in [1.54, 1.807) is 13.2 Å². The van der Waals surface area contributed by atoms with Gasteiger partial charge in [-0.15, -0.1) is 0 Å². The Morgan fingerprint density at radius 2 is 2.00 bits per heavy atom. The number of nitrogens with one attached hydrogen (secondary N) is 1. The average molecular weight is 372 g/mol. The number of methoxy groups -OCH3 is 1. The van der Waals surface area contributed by atoms with Gasteiger partial charge < -0.3 is 14.6 Å². The van der Waals surface area contributed by atoms with Gasteiger partial charge in [-0.05, 0) is 32.6 Å². The number of rotatable bonds is 8. The number of anilines is 1. The van der Waals surface area contributed by atoms with Crippen LogP contribution in [0.4, 0.5) is 5.82 Å². The van der Waals surface area contributed by atoms with Crippen LogP contribution in [0, 0.1) is 5.92 Å². The zero-order chi connectivity index (χ0) is 18.9. The van der Waals surface area contributed by atoms with Crippen molar-refractivity contribution in [2.24, 2.45) is 5.92 Å². The molecule has 0 aliphatic heterocycles. The Labute approximate surface area is 149 Å². The summed E-state index contributed by atoms with van der Waals surface area (Å²) in [5.74, 6) is 0.385. The highest BCUT2D eigenvalue weighted by atomic mass is 32.2. The molecule has 1 aromatic rings. The standard InChI is InChI=1S/C17H28N2O5S/c1-16(2,11-23-5)13-9-14(19-24-13)18-15(20)17(3,4)25(21,22)10-12-7-6-8-12/h9,12H,6-8,10-11H2,1-5H3,(H,18,19,20). The van der Waals surface area contributed by atoms with E-state index in [-0.39, 0.29) is 17.5 Å². The van der Waals surface area contributed by atoms with Crippen molar-refractivity contribution in [3.63, 3.8) is 0 Å². The van der Waals surface area contributed by atoms with Crippen molar-refractivity contribution in [2.45, 2.75) is 57.1 Å². The SMILES string of the molecule is COCC(C)(C)c1cc(NC(=O)C(C)(C)S(=O)(=O)CC2CCC2)no1. The molecule has 0 saturated heterocycles. The van der Waals surface area contributed by atoms with Crippen molar-refractivity contribution in [1.82, 2.24) is 5.16 Å². The number of hydrogen-bond acceptors (Lipinski definition) is 6. The normalized spacial score (nSPS) is 16.5. The van der Waals surface area contributed by atoms with E-state index in [0.717, 1.165) is 19.3 Å². The van der Waals surface area contributed by atoms with Crippen LogP contribution in [0.15, 0.2) is 10.6 Å². The van der Waals surface area contributed by atoms with Crippen LogP contribution in [0.25, 0.3) is 0 Å². The van der Waals surface area contributed by atoms with Crippen molar-refractivity contribution < 1.29 is 22.5 Å². The highest BCUT2D eigenvalue weighted by Crippen LogP contribution is 2.32. The molecule has 1 N–H and O–H groups in total. The van der Waals surface area contributed by atoms with E-state index in [0.29, 0.717) is 12.4 Å². The smallest absolute Gasteiger partial charge is 0.246 e. The van der Waals surface area contributed by atoms with Crippen LogP contribution in [0.1, 0.15) is 52.7 Å². The molecule has 7 nitrogen and oxygen atoms in total. The summed E-state index contributed by atoms with van der Waals surface area (Å²) in [5, 5.41) is 6.40. The van der Waals surface area contributed by atoms with Crippen molar-refractivity contribution in [1.29, 1.82) is 0 Å². The first-order valence-electron chi connectivity index (χ1n) is 8.49. The summed E-state index contributed by atoms with van der Waals surface area (Å²) >= 11 is 0. The molecule has 0 atom stereocenters. The fraction of sp³-hybridized carbons (Fsp3) is 0.765. The highest BCUT2D eigenvalue weighted by molar-refractivity contribution is 7.93. The van der Waals surface area contributed by atoms with Gasteiger partial charge in [0.15, 0.2) is 15.7 Å². The Morgan fingerprint density at radius 1 is 1.36 bits per heavy atom. The maximum Gasteiger partial charge on any atom is 0.246 e. The summed E-state index contributed by atoms with van der Waals surface area (Å²) in [6.07, 6.45) is 2.89. The van der Waals surface area contributed by atoms with Gasteiger partial charge in [-0.1, -0.05) is 25.4 Å². The maximum atomic E-state index is 12.6. The molecule has 1 amide bonds. The predicted molar refractivity (Wildman–Crippen MR) is 95.2 cm³/mol. The number of aromatic nitrogens is 1. The van der Waals surface area contributed by atoms with Crippen LogP contribution in [0.5, 0.6) is 0 Å². The number of nitrogens with zero attached hydrogens (tertiary/aromatic N) is 1. The second kappa shape index (κ2) is 7.07. The third-order valence-electron chi connectivity index (χ3n) is 4.93. The lowest BCUT2D eigenvalue weighted by Crippen LogP contribution is -2.47. The van der Waals surface area contributed by atoms with Gasteiger partial charge in [0, 0.05) is 18.6 Å². The van der Waals surface area contributed by atoms with Crippen molar-refractivity contribution in [3.05, 3.63) is 11.8 Å². The average Bonchev–Trinajstić information content (AvgIpc) is 2.92. The van der Waals surface area contributed by atoms with Gasteiger partial charge in [0.2, 0.25) is 5.91 Å². The Morgan fingerprint density at radius 3 is 2.52 bits per heavy atom. The number of ether oxygens (including phenoxy) is 1. The van der Waals surface area contributed by atoms with Crippen LogP contribution >= 0.6 is 0 Å². The summed E-state index contributed by atoms with van der Waals surface area (Å²) in [4.78, 5) is 12.6. The highest BCUT2D eigenvalue weighted by Gasteiger charge is 2.43. The van der Waals surface area contributed by atoms with Gasteiger partial charge in [0.1, 0.15) is 10.5 Å². The lowest BCUT2D eigenvalue weighted by atomic mass is 9.87. The molecule has 0 aromatic carbocycles. The summed E-state index contributed by atoms with van der Waals surface area (Å²) in [6, 6.07) is 1.60. The fourth-order valence-electron chi connectivity index (χ4n) is 2.67. The van der Waals surface area contributed by atoms with E-state index in [1.807, 2.05) is 13.8 Å². The molecule has 0 spiro atoms. The first kappa shape index (κ1) is 19.9. The van der Waals surface area contributed by atoms with Gasteiger partial charge in [0.25, 0.3) is 0 Å². The first-order valence-corrected chi connectivity index (χ1v) is 10.1. The van der Waals surface area contributed by atoms with Crippen LogP contribution in [0.2, 0.25) is 0 Å². The predicted octanol–water partition coefficient (Wildman–Crippen LogP) is 2.53. The maximum absolute atomic E-state index is 12.6. The van der Waals surface area contributed by atoms with E-state index in [9.17, 15) is 13.2 Å². The number of sulfone groups is 1. The summed E-state index contributed by atoms with van der Waals surface area (Å²) in [6.45, 7) is 7.15. The third-order valence-corrected chi connectivity index (χ3v) is 7.58. The number of hydrogen-bond donors (Lipinski definition) is 1. The zero-order valence-electron chi connectivity index (χ0n) is 15.6. The number of carbonyl (C=O) groups excluding carboxylic acids is 1. The molecular weight excluding hydrogens is 344 g/mol. The molecule has 0 bridgehead atoms. The monoisotopic (exact) mass is 372 g/mol. The van der Waals surface area contributed by atoms with Crippen LogP contribution in [0.3, 0.4) is 0 Å². The minimum absolute atomic E-state index is 0.0539. The lowest BCUT2D eigenvalue weighted by Gasteiger charge is -2.30. The largest absolute Gasteiger partial charge is 0.384 e. The van der Waals surface area contributed by atoms with Crippen LogP contribution in [-0.4, -0.2) is 43.7 Å². The van der Waals surface area contributed by atoms with Gasteiger partial charge in [-0.3, -0.25) is 4.79 Å². The lowest BCUT2D eigenvalue weighted by molar-refractivity contribution is -0.117. The van der Waals surface area contributed by atoms with Crippen molar-refractivity contribution in [3.8, 4) is 0 Å².